The summed E-state index contributed by atoms with van der Waals surface area (Å²) in [6.07, 6.45) is 2.68. The largest absolute Gasteiger partial charge is 0.376 e. The second-order valence-corrected chi connectivity index (χ2v) is 5.17. The summed E-state index contributed by atoms with van der Waals surface area (Å²) in [5.74, 6) is 0. The highest BCUT2D eigenvalue weighted by molar-refractivity contribution is 7.58. The average Bonchev–Trinajstić information content (AvgIpc) is 2.14. The molecule has 0 saturated heterocycles. The van der Waals surface area contributed by atoms with Crippen LogP contribution in [0, 0.1) is 0 Å². The van der Waals surface area contributed by atoms with Crippen molar-refractivity contribution in [3.8, 4) is 0 Å². The highest BCUT2D eigenvalue weighted by Gasteiger charge is 2.30. The minimum absolute atomic E-state index is 0.381. The molecule has 90 valence electrons. The molecule has 0 fully saturated rings. The molecule has 0 heterocycles. The number of allylic oxidation sites excluding steroid dienone is 1. The van der Waals surface area contributed by atoms with Gasteiger partial charge in [-0.05, 0) is 20.3 Å². The zero-order chi connectivity index (χ0) is 11.9. The van der Waals surface area contributed by atoms with Crippen molar-refractivity contribution in [2.45, 2.75) is 27.2 Å². The molecule has 0 aliphatic rings. The van der Waals surface area contributed by atoms with E-state index in [-0.39, 0.29) is 0 Å². The summed E-state index contributed by atoms with van der Waals surface area (Å²) < 4.78 is 22.9. The molecule has 0 aromatic rings. The molecule has 0 N–H and O–H groups in total. The summed E-state index contributed by atoms with van der Waals surface area (Å²) in [7, 11) is 0.564. The Balaban J connectivity index is 5.00. The molecule has 0 unspecified atom stereocenters. The van der Waals surface area contributed by atoms with Crippen LogP contribution in [-0.4, -0.2) is 32.2 Å². The average molecular weight is 235 g/mol. The van der Waals surface area contributed by atoms with Crippen LogP contribution in [0.2, 0.25) is 0 Å². The molecule has 0 aliphatic carbocycles. The minimum Gasteiger partial charge on any atom is -0.371 e. The third kappa shape index (κ3) is 4.37. The Morgan fingerprint density at radius 2 is 1.67 bits per heavy atom. The smallest absolute Gasteiger partial charge is 0.371 e. The number of hydrogen-bond donors (Lipinski definition) is 0. The Morgan fingerprint density at radius 1 is 1.20 bits per heavy atom. The topological polar surface area (TPSA) is 38.8 Å². The van der Waals surface area contributed by atoms with Crippen LogP contribution in [-0.2, 0) is 13.6 Å². The Bertz CT molecular complexity index is 241. The molecular weight excluding hydrogens is 213 g/mol. The molecule has 0 rings (SSSR count). The molecule has 4 nitrogen and oxygen atoms in total. The second-order valence-electron chi connectivity index (χ2n) is 3.20. The van der Waals surface area contributed by atoms with Crippen LogP contribution in [0.4, 0.5) is 0 Å². The number of nitrogens with zero attached hydrogens (tertiary/aromatic N) is 1. The molecule has 0 amide bonds. The molecule has 15 heavy (non-hydrogen) atoms. The zero-order valence-electron chi connectivity index (χ0n) is 10.3. The highest BCUT2D eigenvalue weighted by Crippen LogP contribution is 2.56. The van der Waals surface area contributed by atoms with Crippen LogP contribution in [0.15, 0.2) is 11.5 Å². The summed E-state index contributed by atoms with van der Waals surface area (Å²) in [6.45, 7) is 6.37. The van der Waals surface area contributed by atoms with Gasteiger partial charge in [-0.25, -0.2) is 0 Å². The maximum atomic E-state index is 12.4. The van der Waals surface area contributed by atoms with Crippen molar-refractivity contribution in [1.82, 2.24) is 4.90 Å². The summed E-state index contributed by atoms with van der Waals surface area (Å²) in [5, 5.41) is 0. The normalized spacial score (nSPS) is 13.0. The molecule has 0 saturated carbocycles. The van der Waals surface area contributed by atoms with Crippen LogP contribution >= 0.6 is 7.60 Å². The van der Waals surface area contributed by atoms with Crippen molar-refractivity contribution < 1.29 is 13.6 Å². The van der Waals surface area contributed by atoms with E-state index in [0.717, 1.165) is 6.42 Å². The van der Waals surface area contributed by atoms with Crippen molar-refractivity contribution >= 4 is 7.60 Å². The molecule has 0 aromatic heterocycles. The fourth-order valence-electron chi connectivity index (χ4n) is 1.23. The fraction of sp³-hybridized carbons (Fsp3) is 0.800. The Kier molecular flexibility index (Phi) is 6.90. The maximum absolute atomic E-state index is 12.4. The van der Waals surface area contributed by atoms with E-state index < -0.39 is 7.60 Å². The van der Waals surface area contributed by atoms with Crippen LogP contribution in [0.5, 0.6) is 0 Å². The Labute approximate surface area is 92.8 Å². The van der Waals surface area contributed by atoms with Crippen LogP contribution in [0.25, 0.3) is 0 Å². The summed E-state index contributed by atoms with van der Waals surface area (Å²) >= 11 is 0. The molecule has 0 bridgehead atoms. The second kappa shape index (κ2) is 7.04. The first-order valence-corrected chi connectivity index (χ1v) is 6.83. The first kappa shape index (κ1) is 14.7. The highest BCUT2D eigenvalue weighted by atomic mass is 31.2. The minimum atomic E-state index is -3.12. The lowest BCUT2D eigenvalue weighted by atomic mass is 10.5. The van der Waals surface area contributed by atoms with Crippen molar-refractivity contribution in [3.63, 3.8) is 0 Å². The van der Waals surface area contributed by atoms with E-state index in [2.05, 4.69) is 0 Å². The lowest BCUT2D eigenvalue weighted by Gasteiger charge is -2.25. The van der Waals surface area contributed by atoms with E-state index >= 15 is 0 Å². The van der Waals surface area contributed by atoms with Crippen LogP contribution < -0.4 is 0 Å². The van der Waals surface area contributed by atoms with Crippen LogP contribution in [0.1, 0.15) is 27.2 Å². The van der Waals surface area contributed by atoms with E-state index in [0.29, 0.717) is 18.7 Å². The molecule has 0 radical (unpaired) electrons. The van der Waals surface area contributed by atoms with Gasteiger partial charge in [-0.1, -0.05) is 13.0 Å². The van der Waals surface area contributed by atoms with Crippen molar-refractivity contribution in [2.24, 2.45) is 0 Å². The fourth-order valence-corrected chi connectivity index (χ4v) is 3.15. The summed E-state index contributed by atoms with van der Waals surface area (Å²) in [4.78, 5) is 1.79. The molecule has 0 spiro atoms. The quantitative estimate of drug-likeness (QED) is 0.636. The predicted octanol–water partition coefficient (Wildman–Crippen LogP) is 3.07. The van der Waals surface area contributed by atoms with Crippen molar-refractivity contribution in [1.29, 1.82) is 0 Å². The van der Waals surface area contributed by atoms with Gasteiger partial charge in [-0.2, -0.15) is 0 Å². The van der Waals surface area contributed by atoms with Crippen LogP contribution in [0.3, 0.4) is 0 Å². The monoisotopic (exact) mass is 235 g/mol. The molecular formula is C10H22NO3P. The van der Waals surface area contributed by atoms with Gasteiger partial charge < -0.3 is 13.9 Å². The summed E-state index contributed by atoms with van der Waals surface area (Å²) in [5.41, 5.74) is 0.633. The molecule has 0 atom stereocenters. The van der Waals surface area contributed by atoms with E-state index in [1.54, 1.807) is 4.90 Å². The molecule has 0 aliphatic heterocycles. The van der Waals surface area contributed by atoms with Crippen molar-refractivity contribution in [2.75, 3.05) is 27.3 Å². The standard InChI is InChI=1S/C10H22NO3P/c1-6-9-10(11(4)5)15(12,13-7-2)14-8-3/h9H,6-8H2,1-5H3/b10-9+. The van der Waals surface area contributed by atoms with E-state index in [4.69, 9.17) is 9.05 Å². The zero-order valence-corrected chi connectivity index (χ0v) is 11.2. The SMILES string of the molecule is CC/C=C(\N(C)C)P(=O)(OCC)OCC. The van der Waals surface area contributed by atoms with E-state index in [1.807, 2.05) is 40.9 Å². The third-order valence-corrected chi connectivity index (χ3v) is 4.06. The lowest BCUT2D eigenvalue weighted by Crippen LogP contribution is -2.14. The Morgan fingerprint density at radius 3 is 1.93 bits per heavy atom. The van der Waals surface area contributed by atoms with Gasteiger partial charge in [0, 0.05) is 14.1 Å². The van der Waals surface area contributed by atoms with Gasteiger partial charge in [0.05, 0.1) is 13.2 Å². The van der Waals surface area contributed by atoms with Crippen molar-refractivity contribution in [3.05, 3.63) is 11.5 Å². The first-order valence-electron chi connectivity index (χ1n) is 5.28. The van der Waals surface area contributed by atoms with Gasteiger partial charge in [0.25, 0.3) is 0 Å². The predicted molar refractivity (Wildman–Crippen MR) is 62.9 cm³/mol. The number of rotatable bonds is 7. The molecule has 5 heteroatoms. The lowest BCUT2D eigenvalue weighted by molar-refractivity contribution is 0.219. The third-order valence-electron chi connectivity index (χ3n) is 1.72. The van der Waals surface area contributed by atoms with Gasteiger partial charge in [-0.3, -0.25) is 4.57 Å². The van der Waals surface area contributed by atoms with Gasteiger partial charge in [0.15, 0.2) is 0 Å². The maximum Gasteiger partial charge on any atom is 0.376 e. The molecule has 0 aromatic carbocycles. The van der Waals surface area contributed by atoms with Gasteiger partial charge in [0.2, 0.25) is 0 Å². The van der Waals surface area contributed by atoms with E-state index in [1.165, 1.54) is 0 Å². The first-order chi connectivity index (χ1) is 7.01. The Hall–Kier alpha value is -0.310. The van der Waals surface area contributed by atoms with E-state index in [9.17, 15) is 4.57 Å². The summed E-state index contributed by atoms with van der Waals surface area (Å²) in [6, 6.07) is 0. The van der Waals surface area contributed by atoms with Gasteiger partial charge in [-0.15, -0.1) is 0 Å². The van der Waals surface area contributed by atoms with Gasteiger partial charge >= 0.3 is 7.60 Å². The number of hydrogen-bond acceptors (Lipinski definition) is 4. The van der Waals surface area contributed by atoms with Gasteiger partial charge in [0.1, 0.15) is 5.44 Å².